The second-order valence-electron chi connectivity index (χ2n) is 4.41. The van der Waals surface area contributed by atoms with E-state index < -0.39 is 0 Å². The van der Waals surface area contributed by atoms with Crippen LogP contribution in [-0.4, -0.2) is 33.7 Å². The molecule has 0 spiro atoms. The number of aromatic nitrogens is 2. The van der Waals surface area contributed by atoms with E-state index in [1.54, 1.807) is 0 Å². The standard InChI is InChI=1S/C13H15N3OS/c17-9-8-16(11-6-7-11)13-14-12(15-18-13)10-4-2-1-3-5-10/h1-5,11,17H,6-9H2. The van der Waals surface area contributed by atoms with Crippen LogP contribution >= 0.6 is 11.5 Å². The average Bonchev–Trinajstić information content (AvgIpc) is 3.14. The lowest BCUT2D eigenvalue weighted by molar-refractivity contribution is 0.301. The van der Waals surface area contributed by atoms with Crippen molar-refractivity contribution >= 4 is 16.7 Å². The SMILES string of the molecule is OCCN(c1nc(-c2ccccc2)ns1)C1CC1. The molecule has 1 aliphatic rings. The summed E-state index contributed by atoms with van der Waals surface area (Å²) in [5.41, 5.74) is 1.04. The number of hydrogen-bond donors (Lipinski definition) is 1. The summed E-state index contributed by atoms with van der Waals surface area (Å²) in [5, 5.41) is 10.0. The van der Waals surface area contributed by atoms with E-state index in [0.29, 0.717) is 12.6 Å². The normalized spacial score (nSPS) is 14.7. The van der Waals surface area contributed by atoms with Crippen LogP contribution in [0.5, 0.6) is 0 Å². The van der Waals surface area contributed by atoms with Gasteiger partial charge in [0.25, 0.3) is 0 Å². The number of hydrogen-bond acceptors (Lipinski definition) is 5. The second-order valence-corrected chi connectivity index (χ2v) is 5.15. The van der Waals surface area contributed by atoms with Gasteiger partial charge in [0, 0.05) is 29.7 Å². The molecular weight excluding hydrogens is 246 g/mol. The summed E-state index contributed by atoms with van der Waals surface area (Å²) < 4.78 is 4.41. The fourth-order valence-electron chi connectivity index (χ4n) is 1.96. The van der Waals surface area contributed by atoms with Crippen molar-refractivity contribution in [2.75, 3.05) is 18.1 Å². The van der Waals surface area contributed by atoms with Crippen molar-refractivity contribution < 1.29 is 5.11 Å². The van der Waals surface area contributed by atoms with Gasteiger partial charge in [-0.15, -0.1) is 0 Å². The highest BCUT2D eigenvalue weighted by Gasteiger charge is 2.30. The third-order valence-corrected chi connectivity index (χ3v) is 3.77. The summed E-state index contributed by atoms with van der Waals surface area (Å²) in [4.78, 5) is 6.75. The smallest absolute Gasteiger partial charge is 0.205 e. The minimum atomic E-state index is 0.163. The first kappa shape index (κ1) is 11.6. The van der Waals surface area contributed by atoms with Crippen molar-refractivity contribution in [1.29, 1.82) is 0 Å². The highest BCUT2D eigenvalue weighted by atomic mass is 32.1. The van der Waals surface area contributed by atoms with E-state index in [2.05, 4.69) is 14.3 Å². The molecule has 1 fully saturated rings. The number of aliphatic hydroxyl groups excluding tert-OH is 1. The molecule has 5 heteroatoms. The van der Waals surface area contributed by atoms with E-state index in [4.69, 9.17) is 5.11 Å². The average molecular weight is 261 g/mol. The van der Waals surface area contributed by atoms with Crippen LogP contribution in [0.4, 0.5) is 5.13 Å². The number of anilines is 1. The summed E-state index contributed by atoms with van der Waals surface area (Å²) >= 11 is 1.41. The molecule has 1 N–H and O–H groups in total. The van der Waals surface area contributed by atoms with Gasteiger partial charge in [0.2, 0.25) is 5.13 Å². The summed E-state index contributed by atoms with van der Waals surface area (Å²) in [6, 6.07) is 10.5. The van der Waals surface area contributed by atoms with Gasteiger partial charge in [-0.25, -0.2) is 0 Å². The Morgan fingerprint density at radius 3 is 2.72 bits per heavy atom. The molecule has 0 aliphatic heterocycles. The molecule has 4 nitrogen and oxygen atoms in total. The van der Waals surface area contributed by atoms with Crippen LogP contribution in [0.2, 0.25) is 0 Å². The van der Waals surface area contributed by atoms with Crippen LogP contribution in [0.25, 0.3) is 11.4 Å². The van der Waals surface area contributed by atoms with Crippen LogP contribution in [-0.2, 0) is 0 Å². The molecule has 1 aromatic heterocycles. The molecule has 1 saturated carbocycles. The summed E-state index contributed by atoms with van der Waals surface area (Å²) in [6.07, 6.45) is 2.39. The molecule has 1 aliphatic carbocycles. The quantitative estimate of drug-likeness (QED) is 0.896. The zero-order valence-electron chi connectivity index (χ0n) is 9.99. The third-order valence-electron chi connectivity index (χ3n) is 3.02. The predicted molar refractivity (Wildman–Crippen MR) is 72.8 cm³/mol. The highest BCUT2D eigenvalue weighted by Crippen LogP contribution is 2.33. The molecule has 0 saturated heterocycles. The lowest BCUT2D eigenvalue weighted by Gasteiger charge is -2.19. The first-order valence-corrected chi connectivity index (χ1v) is 6.92. The van der Waals surface area contributed by atoms with E-state index in [0.717, 1.165) is 16.5 Å². The van der Waals surface area contributed by atoms with E-state index in [-0.39, 0.29) is 6.61 Å². The van der Waals surface area contributed by atoms with Gasteiger partial charge in [-0.1, -0.05) is 30.3 Å². The van der Waals surface area contributed by atoms with Crippen molar-refractivity contribution in [2.24, 2.45) is 0 Å². The number of aliphatic hydroxyl groups is 1. The molecule has 0 unspecified atom stereocenters. The van der Waals surface area contributed by atoms with Gasteiger partial charge >= 0.3 is 0 Å². The fourth-order valence-corrected chi connectivity index (χ4v) is 2.75. The van der Waals surface area contributed by atoms with Crippen LogP contribution in [0.1, 0.15) is 12.8 Å². The van der Waals surface area contributed by atoms with Crippen LogP contribution < -0.4 is 4.90 Å². The lowest BCUT2D eigenvalue weighted by Crippen LogP contribution is -2.28. The topological polar surface area (TPSA) is 49.2 Å². The fraction of sp³-hybridized carbons (Fsp3) is 0.385. The van der Waals surface area contributed by atoms with Crippen molar-refractivity contribution in [3.8, 4) is 11.4 Å². The molecule has 0 bridgehead atoms. The van der Waals surface area contributed by atoms with Crippen LogP contribution in [0.3, 0.4) is 0 Å². The molecule has 1 heterocycles. The second kappa shape index (κ2) is 5.04. The number of nitrogens with zero attached hydrogens (tertiary/aromatic N) is 3. The Hall–Kier alpha value is -1.46. The van der Waals surface area contributed by atoms with Gasteiger partial charge in [0.1, 0.15) is 0 Å². The largest absolute Gasteiger partial charge is 0.395 e. The zero-order valence-corrected chi connectivity index (χ0v) is 10.8. The Kier molecular flexibility index (Phi) is 3.25. The summed E-state index contributed by atoms with van der Waals surface area (Å²) in [7, 11) is 0. The monoisotopic (exact) mass is 261 g/mol. The van der Waals surface area contributed by atoms with Crippen molar-refractivity contribution in [1.82, 2.24) is 9.36 Å². The number of rotatable bonds is 5. The van der Waals surface area contributed by atoms with Gasteiger partial charge in [0.15, 0.2) is 5.82 Å². The molecule has 3 rings (SSSR count). The minimum Gasteiger partial charge on any atom is -0.395 e. The van der Waals surface area contributed by atoms with Gasteiger partial charge in [0.05, 0.1) is 6.61 Å². The van der Waals surface area contributed by atoms with E-state index in [1.807, 2.05) is 30.3 Å². The van der Waals surface area contributed by atoms with Gasteiger partial charge in [-0.05, 0) is 12.8 Å². The molecule has 2 aromatic rings. The summed E-state index contributed by atoms with van der Waals surface area (Å²) in [6.45, 7) is 0.810. The minimum absolute atomic E-state index is 0.163. The van der Waals surface area contributed by atoms with Gasteiger partial charge in [-0.3, -0.25) is 0 Å². The first-order chi connectivity index (χ1) is 8.88. The maximum Gasteiger partial charge on any atom is 0.205 e. The van der Waals surface area contributed by atoms with Crippen LogP contribution in [0.15, 0.2) is 30.3 Å². The molecule has 94 valence electrons. The zero-order chi connectivity index (χ0) is 12.4. The highest BCUT2D eigenvalue weighted by molar-refractivity contribution is 7.09. The molecule has 0 atom stereocenters. The van der Waals surface area contributed by atoms with E-state index in [1.165, 1.54) is 24.4 Å². The van der Waals surface area contributed by atoms with E-state index >= 15 is 0 Å². The first-order valence-electron chi connectivity index (χ1n) is 6.15. The van der Waals surface area contributed by atoms with Crippen molar-refractivity contribution in [3.05, 3.63) is 30.3 Å². The molecule has 0 amide bonds. The Labute approximate surface area is 110 Å². The molecular formula is C13H15N3OS. The lowest BCUT2D eigenvalue weighted by atomic mass is 10.2. The Morgan fingerprint density at radius 2 is 2.06 bits per heavy atom. The Bertz CT molecular complexity index is 510. The molecule has 0 radical (unpaired) electrons. The van der Waals surface area contributed by atoms with Crippen LogP contribution in [0, 0.1) is 0 Å². The number of benzene rings is 1. The third kappa shape index (κ3) is 2.37. The molecule has 1 aromatic carbocycles. The van der Waals surface area contributed by atoms with Gasteiger partial charge < -0.3 is 10.0 Å². The van der Waals surface area contributed by atoms with Crippen molar-refractivity contribution in [3.63, 3.8) is 0 Å². The molecule has 18 heavy (non-hydrogen) atoms. The Morgan fingerprint density at radius 1 is 1.28 bits per heavy atom. The Balaban J connectivity index is 1.84. The maximum atomic E-state index is 9.11. The predicted octanol–water partition coefficient (Wildman–Crippen LogP) is 2.17. The maximum absolute atomic E-state index is 9.11. The van der Waals surface area contributed by atoms with E-state index in [9.17, 15) is 0 Å². The summed E-state index contributed by atoms with van der Waals surface area (Å²) in [5.74, 6) is 0.777. The van der Waals surface area contributed by atoms with Gasteiger partial charge in [-0.2, -0.15) is 9.36 Å². The van der Waals surface area contributed by atoms with Crippen molar-refractivity contribution in [2.45, 2.75) is 18.9 Å².